The van der Waals surface area contributed by atoms with Gasteiger partial charge in [-0.05, 0) is 12.1 Å². The van der Waals surface area contributed by atoms with Crippen LogP contribution >= 0.6 is 0 Å². The van der Waals surface area contributed by atoms with E-state index in [0.29, 0.717) is 29.8 Å². The molecule has 1 aliphatic rings. The SMILES string of the molecule is Cn1ccnc1CCN1C(=O)c2cccc(N)c2C1=O. The van der Waals surface area contributed by atoms with Crippen molar-refractivity contribution in [3.05, 3.63) is 47.5 Å². The van der Waals surface area contributed by atoms with Crippen LogP contribution in [0, 0.1) is 0 Å². The van der Waals surface area contributed by atoms with Gasteiger partial charge in [0.15, 0.2) is 0 Å². The first-order chi connectivity index (χ1) is 9.59. The van der Waals surface area contributed by atoms with Gasteiger partial charge >= 0.3 is 0 Å². The molecule has 0 aliphatic carbocycles. The molecule has 1 aromatic heterocycles. The Balaban J connectivity index is 1.84. The Morgan fingerprint density at radius 2 is 2.05 bits per heavy atom. The second kappa shape index (κ2) is 4.48. The van der Waals surface area contributed by atoms with Crippen molar-refractivity contribution in [1.82, 2.24) is 14.5 Å². The van der Waals surface area contributed by atoms with E-state index in [1.165, 1.54) is 4.90 Å². The lowest BCUT2D eigenvalue weighted by Gasteiger charge is -2.13. The largest absolute Gasteiger partial charge is 0.398 e. The lowest BCUT2D eigenvalue weighted by molar-refractivity contribution is 0.0655. The summed E-state index contributed by atoms with van der Waals surface area (Å²) in [6.45, 7) is 0.302. The predicted octanol–water partition coefficient (Wildman–Crippen LogP) is 0.841. The van der Waals surface area contributed by atoms with Crippen molar-refractivity contribution < 1.29 is 9.59 Å². The standard InChI is InChI=1S/C14H14N4O2/c1-17-8-6-16-11(17)5-7-18-13(19)9-3-2-4-10(15)12(9)14(18)20/h2-4,6,8H,5,7,15H2,1H3. The van der Waals surface area contributed by atoms with Crippen LogP contribution in [0.2, 0.25) is 0 Å². The number of imidazole rings is 1. The van der Waals surface area contributed by atoms with Crippen LogP contribution in [-0.4, -0.2) is 32.8 Å². The summed E-state index contributed by atoms with van der Waals surface area (Å²) in [4.78, 5) is 29.9. The second-order valence-corrected chi connectivity index (χ2v) is 4.74. The zero-order valence-electron chi connectivity index (χ0n) is 11.0. The zero-order chi connectivity index (χ0) is 14.3. The summed E-state index contributed by atoms with van der Waals surface area (Å²) in [5.74, 6) is 0.221. The fourth-order valence-corrected chi connectivity index (χ4v) is 2.41. The summed E-state index contributed by atoms with van der Waals surface area (Å²) in [7, 11) is 1.88. The summed E-state index contributed by atoms with van der Waals surface area (Å²) in [6, 6.07) is 4.94. The second-order valence-electron chi connectivity index (χ2n) is 4.74. The molecule has 2 N–H and O–H groups in total. The van der Waals surface area contributed by atoms with E-state index in [4.69, 9.17) is 5.73 Å². The molecule has 0 radical (unpaired) electrons. The van der Waals surface area contributed by atoms with Crippen molar-refractivity contribution in [2.45, 2.75) is 6.42 Å². The van der Waals surface area contributed by atoms with Crippen molar-refractivity contribution in [2.75, 3.05) is 12.3 Å². The van der Waals surface area contributed by atoms with Gasteiger partial charge in [-0.25, -0.2) is 4.98 Å². The van der Waals surface area contributed by atoms with E-state index in [0.717, 1.165) is 5.82 Å². The van der Waals surface area contributed by atoms with Gasteiger partial charge in [-0.15, -0.1) is 0 Å². The molecular formula is C14H14N4O2. The average molecular weight is 270 g/mol. The Labute approximate surface area is 115 Å². The molecule has 2 amide bonds. The number of nitrogen functional groups attached to an aromatic ring is 1. The minimum atomic E-state index is -0.322. The third-order valence-electron chi connectivity index (χ3n) is 3.51. The van der Waals surface area contributed by atoms with Crippen LogP contribution in [0.5, 0.6) is 0 Å². The number of benzene rings is 1. The van der Waals surface area contributed by atoms with Gasteiger partial charge in [-0.3, -0.25) is 14.5 Å². The molecule has 6 heteroatoms. The van der Waals surface area contributed by atoms with Gasteiger partial charge in [0.05, 0.1) is 11.1 Å². The number of anilines is 1. The number of nitrogens with two attached hydrogens (primary N) is 1. The molecule has 0 spiro atoms. The number of amides is 2. The summed E-state index contributed by atoms with van der Waals surface area (Å²) < 4.78 is 1.87. The highest BCUT2D eigenvalue weighted by atomic mass is 16.2. The highest BCUT2D eigenvalue weighted by Crippen LogP contribution is 2.27. The highest BCUT2D eigenvalue weighted by molar-refractivity contribution is 6.23. The van der Waals surface area contributed by atoms with Crippen LogP contribution < -0.4 is 5.73 Å². The summed E-state index contributed by atoms with van der Waals surface area (Å²) in [6.07, 6.45) is 4.04. The number of carbonyl (C=O) groups is 2. The fraction of sp³-hybridized carbons (Fsp3) is 0.214. The fourth-order valence-electron chi connectivity index (χ4n) is 2.41. The first-order valence-electron chi connectivity index (χ1n) is 6.30. The van der Waals surface area contributed by atoms with Gasteiger partial charge in [-0.1, -0.05) is 6.07 Å². The molecule has 2 heterocycles. The number of fused-ring (bicyclic) bond motifs is 1. The maximum atomic E-state index is 12.3. The smallest absolute Gasteiger partial charge is 0.263 e. The van der Waals surface area contributed by atoms with Crippen LogP contribution in [-0.2, 0) is 13.5 Å². The monoisotopic (exact) mass is 270 g/mol. The van der Waals surface area contributed by atoms with Crippen molar-refractivity contribution in [3.63, 3.8) is 0 Å². The topological polar surface area (TPSA) is 81.2 Å². The van der Waals surface area contributed by atoms with Crippen LogP contribution in [0.25, 0.3) is 0 Å². The van der Waals surface area contributed by atoms with Gasteiger partial charge in [0, 0.05) is 38.1 Å². The zero-order valence-corrected chi connectivity index (χ0v) is 11.0. The molecule has 0 saturated heterocycles. The Bertz CT molecular complexity index is 705. The van der Waals surface area contributed by atoms with Crippen molar-refractivity contribution in [1.29, 1.82) is 0 Å². The molecule has 0 atom stereocenters. The average Bonchev–Trinajstić information content (AvgIpc) is 2.93. The van der Waals surface area contributed by atoms with Gasteiger partial charge in [0.25, 0.3) is 11.8 Å². The number of carbonyl (C=O) groups excluding carboxylic acids is 2. The van der Waals surface area contributed by atoms with E-state index >= 15 is 0 Å². The molecule has 0 unspecified atom stereocenters. The first kappa shape index (κ1) is 12.4. The van der Waals surface area contributed by atoms with Crippen LogP contribution in [0.1, 0.15) is 26.5 Å². The molecule has 102 valence electrons. The Kier molecular flexibility index (Phi) is 2.78. The third kappa shape index (κ3) is 1.77. The third-order valence-corrected chi connectivity index (χ3v) is 3.51. The summed E-state index contributed by atoms with van der Waals surface area (Å²) in [5.41, 5.74) is 6.83. The normalized spacial score (nSPS) is 13.9. The van der Waals surface area contributed by atoms with E-state index < -0.39 is 0 Å². The van der Waals surface area contributed by atoms with Gasteiger partial charge in [0.1, 0.15) is 5.82 Å². The predicted molar refractivity (Wildman–Crippen MR) is 73.1 cm³/mol. The van der Waals surface area contributed by atoms with Crippen molar-refractivity contribution in [2.24, 2.45) is 7.05 Å². The number of nitrogens with zero attached hydrogens (tertiary/aromatic N) is 3. The number of hydrogen-bond donors (Lipinski definition) is 1. The molecule has 0 fully saturated rings. The highest BCUT2D eigenvalue weighted by Gasteiger charge is 2.36. The minimum Gasteiger partial charge on any atom is -0.398 e. The number of aryl methyl sites for hydroxylation is 1. The molecule has 0 saturated carbocycles. The van der Waals surface area contributed by atoms with E-state index in [9.17, 15) is 9.59 Å². The van der Waals surface area contributed by atoms with Crippen LogP contribution in [0.15, 0.2) is 30.6 Å². The molecule has 2 aromatic rings. The Hall–Kier alpha value is -2.63. The Morgan fingerprint density at radius 3 is 2.70 bits per heavy atom. The maximum Gasteiger partial charge on any atom is 0.263 e. The molecular weight excluding hydrogens is 256 g/mol. The number of hydrogen-bond acceptors (Lipinski definition) is 4. The summed E-state index contributed by atoms with van der Waals surface area (Å²) in [5, 5.41) is 0. The first-order valence-corrected chi connectivity index (χ1v) is 6.30. The molecule has 0 bridgehead atoms. The molecule has 6 nitrogen and oxygen atoms in total. The maximum absolute atomic E-state index is 12.3. The van der Waals surface area contributed by atoms with E-state index in [1.807, 2.05) is 17.8 Å². The van der Waals surface area contributed by atoms with Gasteiger partial charge in [0.2, 0.25) is 0 Å². The van der Waals surface area contributed by atoms with Crippen molar-refractivity contribution >= 4 is 17.5 Å². The minimum absolute atomic E-state index is 0.286. The lowest BCUT2D eigenvalue weighted by atomic mass is 10.1. The lowest BCUT2D eigenvalue weighted by Crippen LogP contribution is -2.32. The van der Waals surface area contributed by atoms with Crippen molar-refractivity contribution in [3.8, 4) is 0 Å². The van der Waals surface area contributed by atoms with E-state index in [-0.39, 0.29) is 11.8 Å². The van der Waals surface area contributed by atoms with E-state index in [2.05, 4.69) is 4.98 Å². The van der Waals surface area contributed by atoms with Crippen LogP contribution in [0.4, 0.5) is 5.69 Å². The Morgan fingerprint density at radius 1 is 1.25 bits per heavy atom. The van der Waals surface area contributed by atoms with E-state index in [1.54, 1.807) is 24.4 Å². The number of imide groups is 1. The molecule has 20 heavy (non-hydrogen) atoms. The van der Waals surface area contributed by atoms with Gasteiger partial charge in [-0.2, -0.15) is 0 Å². The molecule has 1 aliphatic heterocycles. The quantitative estimate of drug-likeness (QED) is 0.662. The van der Waals surface area contributed by atoms with Gasteiger partial charge < -0.3 is 10.3 Å². The molecule has 1 aromatic carbocycles. The number of aromatic nitrogens is 2. The summed E-state index contributed by atoms with van der Waals surface area (Å²) >= 11 is 0. The van der Waals surface area contributed by atoms with Crippen LogP contribution in [0.3, 0.4) is 0 Å². The molecule has 3 rings (SSSR count). The number of rotatable bonds is 3.